The van der Waals surface area contributed by atoms with Crippen molar-refractivity contribution in [1.29, 1.82) is 0 Å². The lowest BCUT2D eigenvalue weighted by Gasteiger charge is -2.06. The first-order valence-corrected chi connectivity index (χ1v) is 5.00. The van der Waals surface area contributed by atoms with Crippen LogP contribution in [-0.2, 0) is 0 Å². The summed E-state index contributed by atoms with van der Waals surface area (Å²) in [5, 5.41) is 0. The molecule has 0 saturated heterocycles. The first kappa shape index (κ1) is 9.91. The maximum atomic E-state index is 12.8. The third-order valence-electron chi connectivity index (χ3n) is 2.54. The van der Waals surface area contributed by atoms with Gasteiger partial charge in [-0.25, -0.2) is 4.39 Å². The normalized spacial score (nSPS) is 10.3. The second-order valence-electron chi connectivity index (χ2n) is 3.83. The van der Waals surface area contributed by atoms with E-state index in [2.05, 4.69) is 32.0 Å². The zero-order valence-corrected chi connectivity index (χ0v) is 8.92. The smallest absolute Gasteiger partial charge is 0.123 e. The number of halogens is 1. The fraction of sp³-hybridized carbons (Fsp3) is 0.143. The van der Waals surface area contributed by atoms with Gasteiger partial charge in [-0.3, -0.25) is 0 Å². The van der Waals surface area contributed by atoms with Crippen LogP contribution in [0.5, 0.6) is 0 Å². The van der Waals surface area contributed by atoms with Crippen LogP contribution in [0.25, 0.3) is 11.1 Å². The molecule has 0 amide bonds. The van der Waals surface area contributed by atoms with Crippen molar-refractivity contribution < 1.29 is 4.39 Å². The number of hydrogen-bond donors (Lipinski definition) is 0. The van der Waals surface area contributed by atoms with E-state index in [1.165, 1.54) is 28.8 Å². The highest BCUT2D eigenvalue weighted by Gasteiger charge is 2.01. The molecule has 2 rings (SSSR count). The summed E-state index contributed by atoms with van der Waals surface area (Å²) in [6.45, 7) is 4.15. The predicted octanol–water partition coefficient (Wildman–Crippen LogP) is 4.11. The fourth-order valence-corrected chi connectivity index (χ4v) is 1.77. The van der Waals surface area contributed by atoms with E-state index >= 15 is 0 Å². The number of hydrogen-bond acceptors (Lipinski definition) is 0. The molecular formula is C14H13F. The zero-order chi connectivity index (χ0) is 10.8. The van der Waals surface area contributed by atoms with Gasteiger partial charge in [0.2, 0.25) is 0 Å². The molecule has 0 heterocycles. The van der Waals surface area contributed by atoms with E-state index in [0.29, 0.717) is 0 Å². The molecule has 0 spiro atoms. The van der Waals surface area contributed by atoms with E-state index in [1.54, 1.807) is 0 Å². The summed E-state index contributed by atoms with van der Waals surface area (Å²) in [6.07, 6.45) is 0. The molecule has 0 atom stereocenters. The Morgan fingerprint density at radius 1 is 0.867 bits per heavy atom. The summed E-state index contributed by atoms with van der Waals surface area (Å²) in [7, 11) is 0. The summed E-state index contributed by atoms with van der Waals surface area (Å²) in [4.78, 5) is 0. The lowest BCUT2D eigenvalue weighted by Crippen LogP contribution is -1.84. The Kier molecular flexibility index (Phi) is 2.55. The summed E-state index contributed by atoms with van der Waals surface area (Å²) < 4.78 is 12.8. The molecule has 0 aliphatic carbocycles. The van der Waals surface area contributed by atoms with Crippen molar-refractivity contribution in [3.05, 3.63) is 59.4 Å². The van der Waals surface area contributed by atoms with Crippen molar-refractivity contribution >= 4 is 0 Å². The average molecular weight is 200 g/mol. The first-order chi connectivity index (χ1) is 7.16. The standard InChI is InChI=1S/C14H13F/c1-10-3-8-14(11(2)9-10)12-4-6-13(15)7-5-12/h3-9H,1-2H3. The Bertz CT molecular complexity index is 469. The van der Waals surface area contributed by atoms with Crippen molar-refractivity contribution in [1.82, 2.24) is 0 Å². The van der Waals surface area contributed by atoms with Crippen molar-refractivity contribution in [3.8, 4) is 11.1 Å². The third kappa shape index (κ3) is 2.07. The SMILES string of the molecule is Cc1ccc(-c2ccc(F)cc2)c(C)c1. The molecule has 76 valence electrons. The monoisotopic (exact) mass is 200 g/mol. The van der Waals surface area contributed by atoms with E-state index in [9.17, 15) is 4.39 Å². The topological polar surface area (TPSA) is 0 Å². The Balaban J connectivity index is 2.49. The van der Waals surface area contributed by atoms with Gasteiger partial charge in [0.15, 0.2) is 0 Å². The maximum absolute atomic E-state index is 12.8. The molecule has 0 fully saturated rings. The highest BCUT2D eigenvalue weighted by atomic mass is 19.1. The molecule has 0 bridgehead atoms. The van der Waals surface area contributed by atoms with Gasteiger partial charge in [0.1, 0.15) is 5.82 Å². The summed E-state index contributed by atoms with van der Waals surface area (Å²) in [5.41, 5.74) is 4.70. The molecule has 0 nitrogen and oxygen atoms in total. The maximum Gasteiger partial charge on any atom is 0.123 e. The lowest BCUT2D eigenvalue weighted by molar-refractivity contribution is 0.628. The summed E-state index contributed by atoms with van der Waals surface area (Å²) >= 11 is 0. The predicted molar refractivity (Wildman–Crippen MR) is 61.3 cm³/mol. The highest BCUT2D eigenvalue weighted by molar-refractivity contribution is 5.67. The van der Waals surface area contributed by atoms with E-state index in [0.717, 1.165) is 5.56 Å². The van der Waals surface area contributed by atoms with Gasteiger partial charge in [-0.15, -0.1) is 0 Å². The molecule has 0 aromatic heterocycles. The van der Waals surface area contributed by atoms with Gasteiger partial charge in [-0.2, -0.15) is 0 Å². The molecule has 0 N–H and O–H groups in total. The Hall–Kier alpha value is -1.63. The second kappa shape index (κ2) is 3.85. The van der Waals surface area contributed by atoms with Gasteiger partial charge in [0.25, 0.3) is 0 Å². The van der Waals surface area contributed by atoms with Crippen molar-refractivity contribution in [3.63, 3.8) is 0 Å². The van der Waals surface area contributed by atoms with Gasteiger partial charge in [-0.05, 0) is 42.7 Å². The van der Waals surface area contributed by atoms with E-state index < -0.39 is 0 Å². The van der Waals surface area contributed by atoms with Gasteiger partial charge in [0, 0.05) is 0 Å². The Morgan fingerprint density at radius 3 is 2.13 bits per heavy atom. The molecule has 1 heteroatoms. The van der Waals surface area contributed by atoms with Crippen molar-refractivity contribution in [2.45, 2.75) is 13.8 Å². The fourth-order valence-electron chi connectivity index (χ4n) is 1.77. The Labute approximate surface area is 89.4 Å². The van der Waals surface area contributed by atoms with Crippen LogP contribution in [0, 0.1) is 19.7 Å². The number of rotatable bonds is 1. The van der Waals surface area contributed by atoms with Crippen LogP contribution in [-0.4, -0.2) is 0 Å². The minimum atomic E-state index is -0.191. The van der Waals surface area contributed by atoms with Gasteiger partial charge < -0.3 is 0 Å². The molecule has 2 aromatic carbocycles. The molecular weight excluding hydrogens is 187 g/mol. The van der Waals surface area contributed by atoms with Crippen molar-refractivity contribution in [2.24, 2.45) is 0 Å². The molecule has 2 aromatic rings. The van der Waals surface area contributed by atoms with E-state index in [4.69, 9.17) is 0 Å². The molecule has 15 heavy (non-hydrogen) atoms. The Morgan fingerprint density at radius 2 is 1.53 bits per heavy atom. The van der Waals surface area contributed by atoms with Gasteiger partial charge in [0.05, 0.1) is 0 Å². The molecule has 0 saturated carbocycles. The number of aryl methyl sites for hydroxylation is 2. The van der Waals surface area contributed by atoms with E-state index in [1.807, 2.05) is 12.1 Å². The van der Waals surface area contributed by atoms with E-state index in [-0.39, 0.29) is 5.82 Å². The van der Waals surface area contributed by atoms with Crippen LogP contribution < -0.4 is 0 Å². The van der Waals surface area contributed by atoms with Crippen LogP contribution in [0.4, 0.5) is 4.39 Å². The molecule has 0 aliphatic heterocycles. The van der Waals surface area contributed by atoms with Gasteiger partial charge >= 0.3 is 0 Å². The second-order valence-corrected chi connectivity index (χ2v) is 3.83. The average Bonchev–Trinajstić information content (AvgIpc) is 2.20. The molecule has 0 unspecified atom stereocenters. The summed E-state index contributed by atoms with van der Waals surface area (Å²) in [5.74, 6) is -0.191. The van der Waals surface area contributed by atoms with Crippen LogP contribution in [0.15, 0.2) is 42.5 Å². The van der Waals surface area contributed by atoms with Crippen LogP contribution in [0.1, 0.15) is 11.1 Å². The highest BCUT2D eigenvalue weighted by Crippen LogP contribution is 2.24. The largest absolute Gasteiger partial charge is 0.207 e. The van der Waals surface area contributed by atoms with Crippen LogP contribution >= 0.6 is 0 Å². The number of benzene rings is 2. The third-order valence-corrected chi connectivity index (χ3v) is 2.54. The quantitative estimate of drug-likeness (QED) is 0.649. The zero-order valence-electron chi connectivity index (χ0n) is 8.92. The van der Waals surface area contributed by atoms with Crippen molar-refractivity contribution in [2.75, 3.05) is 0 Å². The minimum Gasteiger partial charge on any atom is -0.207 e. The minimum absolute atomic E-state index is 0.191. The van der Waals surface area contributed by atoms with Crippen LogP contribution in [0.3, 0.4) is 0 Å². The van der Waals surface area contributed by atoms with Crippen LogP contribution in [0.2, 0.25) is 0 Å². The summed E-state index contributed by atoms with van der Waals surface area (Å²) in [6, 6.07) is 12.9. The molecule has 0 aliphatic rings. The lowest BCUT2D eigenvalue weighted by atomic mass is 9.99. The first-order valence-electron chi connectivity index (χ1n) is 5.00. The van der Waals surface area contributed by atoms with Gasteiger partial charge in [-0.1, -0.05) is 35.9 Å². The molecule has 0 radical (unpaired) electrons.